The van der Waals surface area contributed by atoms with Crippen LogP contribution in [0.1, 0.15) is 66.5 Å². The van der Waals surface area contributed by atoms with Gasteiger partial charge in [0.1, 0.15) is 5.82 Å². The number of carbonyl (C=O) groups excluding carboxylic acids is 1. The number of nitrogens with zero attached hydrogens (tertiary/aromatic N) is 1. The number of amides is 1. The number of fused-ring (bicyclic) bond motifs is 1. The molecule has 1 aliphatic rings. The summed E-state index contributed by atoms with van der Waals surface area (Å²) in [4.78, 5) is 17.5. The molecule has 0 aliphatic carbocycles. The first-order valence-electron chi connectivity index (χ1n) is 16.2. The van der Waals surface area contributed by atoms with Crippen molar-refractivity contribution in [2.75, 3.05) is 25.0 Å². The van der Waals surface area contributed by atoms with Crippen LogP contribution in [0.3, 0.4) is 0 Å². The second-order valence-corrected chi connectivity index (χ2v) is 12.4. The van der Waals surface area contributed by atoms with E-state index in [2.05, 4.69) is 59.6 Å². The fourth-order valence-corrected chi connectivity index (χ4v) is 6.69. The summed E-state index contributed by atoms with van der Waals surface area (Å²) in [7, 11) is 0. The SMILES string of the molecule is C=C(NCCc1c(Cl)cccc1CC)C(=O)Nc1ccc(Cc2ccnc3cc(CCC4CCNCC4)c(CC)cc23)c(F)c1. The topological polar surface area (TPSA) is 66.0 Å². The third kappa shape index (κ3) is 8.30. The van der Waals surface area contributed by atoms with Crippen LogP contribution in [-0.2, 0) is 36.9 Å². The Balaban J connectivity index is 1.21. The van der Waals surface area contributed by atoms with E-state index in [0.717, 1.165) is 65.3 Å². The fourth-order valence-electron chi connectivity index (χ4n) is 6.40. The third-order valence-corrected chi connectivity index (χ3v) is 9.44. The molecular formula is C38H44ClFN4O. The van der Waals surface area contributed by atoms with E-state index in [1.165, 1.54) is 42.0 Å². The number of carbonyl (C=O) groups is 1. The average molecular weight is 627 g/mol. The lowest BCUT2D eigenvalue weighted by molar-refractivity contribution is -0.113. The maximum atomic E-state index is 15.4. The number of piperidine rings is 1. The van der Waals surface area contributed by atoms with Gasteiger partial charge in [-0.1, -0.05) is 50.2 Å². The Morgan fingerprint density at radius 2 is 1.78 bits per heavy atom. The number of hydrogen-bond donors (Lipinski definition) is 3. The highest BCUT2D eigenvalue weighted by Gasteiger charge is 2.16. The average Bonchev–Trinajstić information content (AvgIpc) is 3.05. The number of aryl methyl sites for hydroxylation is 3. The Morgan fingerprint density at radius 3 is 2.53 bits per heavy atom. The molecule has 0 bridgehead atoms. The Morgan fingerprint density at radius 1 is 0.978 bits per heavy atom. The molecule has 0 atom stereocenters. The number of nitrogens with one attached hydrogen (secondary N) is 3. The van der Waals surface area contributed by atoms with Crippen LogP contribution >= 0.6 is 11.6 Å². The standard InChI is InChI=1S/C38H44ClFN4O/c1-4-27-7-6-8-35(39)33(27)16-20-42-25(3)38(45)44-32-12-11-31(36(40)24-32)21-30-15-19-43-37-23-29(28(5-2)22-34(30)37)10-9-26-13-17-41-18-14-26/h6-8,11-12,15,19,22-24,26,41-42H,3-5,9-10,13-14,16-18,20-21H2,1-2H3,(H,44,45). The summed E-state index contributed by atoms with van der Waals surface area (Å²) in [5.74, 6) is 0.0148. The van der Waals surface area contributed by atoms with Gasteiger partial charge in [-0.05, 0) is 134 Å². The van der Waals surface area contributed by atoms with Crippen LogP contribution in [0.25, 0.3) is 10.9 Å². The summed E-state index contributed by atoms with van der Waals surface area (Å²) in [6, 6.07) is 17.2. The van der Waals surface area contributed by atoms with E-state index >= 15 is 4.39 Å². The minimum atomic E-state index is -0.403. The molecular weight excluding hydrogens is 583 g/mol. The molecule has 0 spiro atoms. The molecule has 4 aromatic rings. The molecule has 5 nitrogen and oxygen atoms in total. The van der Waals surface area contributed by atoms with Gasteiger partial charge in [-0.3, -0.25) is 9.78 Å². The van der Waals surface area contributed by atoms with Crippen LogP contribution in [-0.4, -0.2) is 30.5 Å². The lowest BCUT2D eigenvalue weighted by Gasteiger charge is -2.23. The molecule has 1 saturated heterocycles. The van der Waals surface area contributed by atoms with Gasteiger partial charge in [-0.25, -0.2) is 4.39 Å². The van der Waals surface area contributed by atoms with Crippen LogP contribution in [0.2, 0.25) is 5.02 Å². The number of anilines is 1. The molecule has 236 valence electrons. The number of pyridine rings is 1. The Kier molecular flexibility index (Phi) is 11.2. The predicted octanol–water partition coefficient (Wildman–Crippen LogP) is 7.96. The Labute approximate surface area is 271 Å². The van der Waals surface area contributed by atoms with Gasteiger partial charge in [-0.2, -0.15) is 0 Å². The van der Waals surface area contributed by atoms with E-state index in [9.17, 15) is 4.79 Å². The van der Waals surface area contributed by atoms with Gasteiger partial charge in [0, 0.05) is 35.3 Å². The Hall–Kier alpha value is -3.74. The molecule has 2 heterocycles. The number of benzene rings is 3. The van der Waals surface area contributed by atoms with Crippen molar-refractivity contribution >= 4 is 34.1 Å². The maximum absolute atomic E-state index is 15.4. The van der Waals surface area contributed by atoms with Crippen LogP contribution in [0, 0.1) is 11.7 Å². The smallest absolute Gasteiger partial charge is 0.271 e. The minimum absolute atomic E-state index is 0.217. The van der Waals surface area contributed by atoms with Crippen LogP contribution < -0.4 is 16.0 Å². The van der Waals surface area contributed by atoms with Crippen molar-refractivity contribution in [1.29, 1.82) is 0 Å². The van der Waals surface area contributed by atoms with Gasteiger partial charge in [0.15, 0.2) is 0 Å². The fraction of sp³-hybridized carbons (Fsp3) is 0.368. The highest BCUT2D eigenvalue weighted by atomic mass is 35.5. The summed E-state index contributed by atoms with van der Waals surface area (Å²) in [5.41, 5.74) is 8.15. The van der Waals surface area contributed by atoms with E-state index in [0.29, 0.717) is 30.6 Å². The molecule has 3 aromatic carbocycles. The van der Waals surface area contributed by atoms with E-state index in [4.69, 9.17) is 11.6 Å². The van der Waals surface area contributed by atoms with Crippen molar-refractivity contribution in [3.63, 3.8) is 0 Å². The molecule has 1 aliphatic heterocycles. The predicted molar refractivity (Wildman–Crippen MR) is 185 cm³/mol. The maximum Gasteiger partial charge on any atom is 0.271 e. The second kappa shape index (κ2) is 15.5. The van der Waals surface area contributed by atoms with E-state index in [-0.39, 0.29) is 11.5 Å². The first-order chi connectivity index (χ1) is 21.9. The summed E-state index contributed by atoms with van der Waals surface area (Å²) in [5, 5.41) is 11.1. The molecule has 45 heavy (non-hydrogen) atoms. The number of hydrogen-bond acceptors (Lipinski definition) is 4. The molecule has 1 amide bonds. The van der Waals surface area contributed by atoms with Crippen molar-refractivity contribution in [2.24, 2.45) is 5.92 Å². The van der Waals surface area contributed by atoms with Crippen LogP contribution in [0.4, 0.5) is 10.1 Å². The monoisotopic (exact) mass is 626 g/mol. The zero-order valence-corrected chi connectivity index (χ0v) is 27.2. The minimum Gasteiger partial charge on any atom is -0.381 e. The highest BCUT2D eigenvalue weighted by molar-refractivity contribution is 6.31. The van der Waals surface area contributed by atoms with E-state index in [1.54, 1.807) is 12.1 Å². The largest absolute Gasteiger partial charge is 0.381 e. The second-order valence-electron chi connectivity index (χ2n) is 12.0. The molecule has 7 heteroatoms. The van der Waals surface area contributed by atoms with Crippen LogP contribution in [0.15, 0.2) is 73.1 Å². The molecule has 1 aromatic heterocycles. The van der Waals surface area contributed by atoms with Crippen molar-refractivity contribution < 1.29 is 9.18 Å². The number of halogens is 2. The van der Waals surface area contributed by atoms with Gasteiger partial charge < -0.3 is 16.0 Å². The summed E-state index contributed by atoms with van der Waals surface area (Å²) in [6.45, 7) is 10.9. The zero-order valence-electron chi connectivity index (χ0n) is 26.4. The normalized spacial score (nSPS) is 13.6. The molecule has 0 unspecified atom stereocenters. The molecule has 5 rings (SSSR count). The molecule has 3 N–H and O–H groups in total. The van der Waals surface area contributed by atoms with E-state index in [1.807, 2.05) is 24.4 Å². The third-order valence-electron chi connectivity index (χ3n) is 9.09. The van der Waals surface area contributed by atoms with Gasteiger partial charge in [0.05, 0.1) is 11.2 Å². The van der Waals surface area contributed by atoms with Crippen molar-refractivity contribution in [2.45, 2.75) is 65.2 Å². The van der Waals surface area contributed by atoms with Crippen molar-refractivity contribution in [3.8, 4) is 0 Å². The lowest BCUT2D eigenvalue weighted by Crippen LogP contribution is -2.27. The highest BCUT2D eigenvalue weighted by Crippen LogP contribution is 2.28. The van der Waals surface area contributed by atoms with Gasteiger partial charge in [0.25, 0.3) is 5.91 Å². The molecule has 0 radical (unpaired) electrons. The Bertz CT molecular complexity index is 1660. The first-order valence-corrected chi connectivity index (χ1v) is 16.6. The summed E-state index contributed by atoms with van der Waals surface area (Å²) in [6.07, 6.45) is 9.54. The van der Waals surface area contributed by atoms with Gasteiger partial charge in [-0.15, -0.1) is 0 Å². The van der Waals surface area contributed by atoms with Crippen molar-refractivity contribution in [1.82, 2.24) is 15.6 Å². The zero-order chi connectivity index (χ0) is 31.8. The van der Waals surface area contributed by atoms with Crippen LogP contribution in [0.5, 0.6) is 0 Å². The lowest BCUT2D eigenvalue weighted by atomic mass is 9.88. The summed E-state index contributed by atoms with van der Waals surface area (Å²) >= 11 is 6.39. The van der Waals surface area contributed by atoms with Crippen molar-refractivity contribution in [3.05, 3.63) is 117 Å². The quantitative estimate of drug-likeness (QED) is 0.132. The molecule has 1 fully saturated rings. The number of rotatable bonds is 13. The summed E-state index contributed by atoms with van der Waals surface area (Å²) < 4.78 is 15.4. The first kappa shape index (κ1) is 32.6. The van der Waals surface area contributed by atoms with Gasteiger partial charge in [0.2, 0.25) is 0 Å². The molecule has 0 saturated carbocycles. The number of aromatic nitrogens is 1. The van der Waals surface area contributed by atoms with E-state index < -0.39 is 5.91 Å². The van der Waals surface area contributed by atoms with Gasteiger partial charge >= 0.3 is 0 Å².